The highest BCUT2D eigenvalue weighted by atomic mass is 16.6. The van der Waals surface area contributed by atoms with Crippen molar-refractivity contribution in [3.8, 4) is 0 Å². The Labute approximate surface area is 125 Å². The van der Waals surface area contributed by atoms with Crippen molar-refractivity contribution in [2.75, 3.05) is 13.6 Å². The van der Waals surface area contributed by atoms with Crippen LogP contribution in [0.3, 0.4) is 0 Å². The first-order chi connectivity index (χ1) is 9.74. The van der Waals surface area contributed by atoms with Gasteiger partial charge in [0, 0.05) is 0 Å². The van der Waals surface area contributed by atoms with Gasteiger partial charge in [0.15, 0.2) is 0 Å². The molecular weight excluding hydrogens is 270 g/mol. The standard InChI is InChI=1S/C16H25NO4/c1-16(2,3)21-15(20)12-7-5-11(6-8-12)14(19)13(18)9-10-17-4/h5-8,13-14,17-19H,9-10H2,1-4H3. The molecule has 5 nitrogen and oxygen atoms in total. The summed E-state index contributed by atoms with van der Waals surface area (Å²) in [5.74, 6) is -0.403. The van der Waals surface area contributed by atoms with Crippen molar-refractivity contribution in [1.82, 2.24) is 5.32 Å². The highest BCUT2D eigenvalue weighted by Gasteiger charge is 2.20. The normalized spacial score (nSPS) is 14.6. The molecule has 0 aliphatic carbocycles. The second-order valence-electron chi connectivity index (χ2n) is 6.03. The summed E-state index contributed by atoms with van der Waals surface area (Å²) in [4.78, 5) is 11.9. The smallest absolute Gasteiger partial charge is 0.338 e. The Balaban J connectivity index is 2.71. The van der Waals surface area contributed by atoms with E-state index in [9.17, 15) is 15.0 Å². The molecule has 0 fully saturated rings. The predicted octanol–water partition coefficient (Wildman–Crippen LogP) is 1.65. The monoisotopic (exact) mass is 295 g/mol. The number of aliphatic hydroxyl groups excluding tert-OH is 2. The molecule has 0 saturated heterocycles. The topological polar surface area (TPSA) is 78.8 Å². The molecule has 0 bridgehead atoms. The van der Waals surface area contributed by atoms with E-state index in [0.29, 0.717) is 24.1 Å². The Kier molecular flexibility index (Phi) is 6.33. The van der Waals surface area contributed by atoms with Crippen LogP contribution in [-0.2, 0) is 4.74 Å². The summed E-state index contributed by atoms with van der Waals surface area (Å²) in [6.45, 7) is 6.04. The maximum Gasteiger partial charge on any atom is 0.338 e. The van der Waals surface area contributed by atoms with Gasteiger partial charge < -0.3 is 20.3 Å². The predicted molar refractivity (Wildman–Crippen MR) is 81.1 cm³/mol. The number of carbonyl (C=O) groups excluding carboxylic acids is 1. The molecule has 2 atom stereocenters. The minimum Gasteiger partial charge on any atom is -0.456 e. The van der Waals surface area contributed by atoms with Crippen LogP contribution in [0.25, 0.3) is 0 Å². The quantitative estimate of drug-likeness (QED) is 0.695. The molecule has 0 aliphatic rings. The van der Waals surface area contributed by atoms with Crippen LogP contribution in [0.15, 0.2) is 24.3 Å². The number of rotatable bonds is 6. The zero-order valence-electron chi connectivity index (χ0n) is 13.1. The molecule has 2 unspecified atom stereocenters. The Morgan fingerprint density at radius 1 is 1.24 bits per heavy atom. The van der Waals surface area contributed by atoms with Gasteiger partial charge in [0.2, 0.25) is 0 Å². The molecule has 118 valence electrons. The summed E-state index contributed by atoms with van der Waals surface area (Å²) in [6.07, 6.45) is -1.36. The van der Waals surface area contributed by atoms with Crippen LogP contribution in [0, 0.1) is 0 Å². The van der Waals surface area contributed by atoms with Crippen molar-refractivity contribution in [1.29, 1.82) is 0 Å². The van der Waals surface area contributed by atoms with Gasteiger partial charge in [-0.2, -0.15) is 0 Å². The summed E-state index contributed by atoms with van der Waals surface area (Å²) in [7, 11) is 1.79. The molecular formula is C16H25NO4. The van der Waals surface area contributed by atoms with E-state index in [0.717, 1.165) is 0 Å². The third-order valence-electron chi connectivity index (χ3n) is 2.94. The Hall–Kier alpha value is -1.43. The Morgan fingerprint density at radius 2 is 1.81 bits per heavy atom. The van der Waals surface area contributed by atoms with Gasteiger partial charge in [-0.05, 0) is 58.5 Å². The van der Waals surface area contributed by atoms with Crippen LogP contribution in [0.1, 0.15) is 49.2 Å². The van der Waals surface area contributed by atoms with E-state index in [4.69, 9.17) is 4.74 Å². The van der Waals surface area contributed by atoms with Gasteiger partial charge in [0.05, 0.1) is 11.7 Å². The van der Waals surface area contributed by atoms with Gasteiger partial charge in [-0.3, -0.25) is 0 Å². The zero-order valence-corrected chi connectivity index (χ0v) is 13.1. The molecule has 0 aromatic heterocycles. The minimum atomic E-state index is -0.967. The van der Waals surface area contributed by atoms with Gasteiger partial charge in [-0.15, -0.1) is 0 Å². The third kappa shape index (κ3) is 5.83. The second-order valence-corrected chi connectivity index (χ2v) is 6.03. The van der Waals surface area contributed by atoms with Gasteiger partial charge in [0.1, 0.15) is 11.7 Å². The molecule has 1 aromatic rings. The third-order valence-corrected chi connectivity index (χ3v) is 2.94. The highest BCUT2D eigenvalue weighted by molar-refractivity contribution is 5.89. The number of ether oxygens (including phenoxy) is 1. The Bertz CT molecular complexity index is 450. The molecule has 0 aliphatic heterocycles. The lowest BCUT2D eigenvalue weighted by atomic mass is 10.0. The number of benzene rings is 1. The number of hydrogen-bond acceptors (Lipinski definition) is 5. The lowest BCUT2D eigenvalue weighted by molar-refractivity contribution is 0.00683. The lowest BCUT2D eigenvalue weighted by Gasteiger charge is -2.20. The maximum atomic E-state index is 11.9. The fourth-order valence-electron chi connectivity index (χ4n) is 1.83. The number of esters is 1. The van der Waals surface area contributed by atoms with Crippen LogP contribution in [-0.4, -0.2) is 41.5 Å². The summed E-state index contributed by atoms with van der Waals surface area (Å²) in [5.41, 5.74) is 0.454. The Morgan fingerprint density at radius 3 is 2.29 bits per heavy atom. The van der Waals surface area contributed by atoms with E-state index in [2.05, 4.69) is 5.32 Å². The number of aliphatic hydroxyl groups is 2. The van der Waals surface area contributed by atoms with E-state index in [1.807, 2.05) is 0 Å². The summed E-state index contributed by atoms with van der Waals surface area (Å²) in [5, 5.41) is 22.8. The fourth-order valence-corrected chi connectivity index (χ4v) is 1.83. The molecule has 1 rings (SSSR count). The summed E-state index contributed by atoms with van der Waals surface area (Å²) < 4.78 is 5.27. The van der Waals surface area contributed by atoms with Gasteiger partial charge in [-0.25, -0.2) is 4.79 Å². The average molecular weight is 295 g/mol. The number of carbonyl (C=O) groups is 1. The molecule has 0 saturated carbocycles. The SMILES string of the molecule is CNCCC(O)C(O)c1ccc(C(=O)OC(C)(C)C)cc1. The van der Waals surface area contributed by atoms with Crippen LogP contribution in [0.5, 0.6) is 0 Å². The van der Waals surface area contributed by atoms with Crippen molar-refractivity contribution in [2.24, 2.45) is 0 Å². The van der Waals surface area contributed by atoms with E-state index < -0.39 is 23.8 Å². The second kappa shape index (κ2) is 7.54. The van der Waals surface area contributed by atoms with E-state index in [-0.39, 0.29) is 0 Å². The lowest BCUT2D eigenvalue weighted by Crippen LogP contribution is -2.24. The van der Waals surface area contributed by atoms with E-state index >= 15 is 0 Å². The molecule has 0 radical (unpaired) electrons. The number of hydrogen-bond donors (Lipinski definition) is 3. The summed E-state index contributed by atoms with van der Waals surface area (Å²) in [6, 6.07) is 6.45. The van der Waals surface area contributed by atoms with Crippen LogP contribution in [0.4, 0.5) is 0 Å². The first-order valence-corrected chi connectivity index (χ1v) is 7.08. The van der Waals surface area contributed by atoms with Crippen molar-refractivity contribution < 1.29 is 19.7 Å². The van der Waals surface area contributed by atoms with Crippen LogP contribution < -0.4 is 5.32 Å². The first-order valence-electron chi connectivity index (χ1n) is 7.08. The molecule has 3 N–H and O–H groups in total. The zero-order chi connectivity index (χ0) is 16.0. The molecule has 0 spiro atoms. The molecule has 0 heterocycles. The van der Waals surface area contributed by atoms with Crippen molar-refractivity contribution >= 4 is 5.97 Å². The fraction of sp³-hybridized carbons (Fsp3) is 0.562. The van der Waals surface area contributed by atoms with Crippen LogP contribution in [0.2, 0.25) is 0 Å². The largest absolute Gasteiger partial charge is 0.456 e. The van der Waals surface area contributed by atoms with Crippen molar-refractivity contribution in [3.63, 3.8) is 0 Å². The molecule has 1 aromatic carbocycles. The van der Waals surface area contributed by atoms with Crippen LogP contribution >= 0.6 is 0 Å². The maximum absolute atomic E-state index is 11.9. The van der Waals surface area contributed by atoms with Crippen molar-refractivity contribution in [3.05, 3.63) is 35.4 Å². The minimum absolute atomic E-state index is 0.403. The average Bonchev–Trinajstić information content (AvgIpc) is 2.42. The highest BCUT2D eigenvalue weighted by Crippen LogP contribution is 2.20. The first kappa shape index (κ1) is 17.6. The van der Waals surface area contributed by atoms with E-state index in [1.54, 1.807) is 52.1 Å². The van der Waals surface area contributed by atoms with Gasteiger partial charge in [0.25, 0.3) is 0 Å². The molecule has 0 amide bonds. The van der Waals surface area contributed by atoms with Crippen molar-refractivity contribution in [2.45, 2.75) is 45.0 Å². The van der Waals surface area contributed by atoms with Gasteiger partial charge >= 0.3 is 5.97 Å². The summed E-state index contributed by atoms with van der Waals surface area (Å²) >= 11 is 0. The number of nitrogens with one attached hydrogen (secondary N) is 1. The van der Waals surface area contributed by atoms with Gasteiger partial charge in [-0.1, -0.05) is 12.1 Å². The van der Waals surface area contributed by atoms with E-state index in [1.165, 1.54) is 0 Å². The molecule has 21 heavy (non-hydrogen) atoms. The molecule has 5 heteroatoms.